The van der Waals surface area contributed by atoms with Gasteiger partial charge in [-0.2, -0.15) is 0 Å². The van der Waals surface area contributed by atoms with Gasteiger partial charge in [-0.1, -0.05) is 24.6 Å². The Morgan fingerprint density at radius 1 is 1.53 bits per heavy atom. The Labute approximate surface area is 96.4 Å². The van der Waals surface area contributed by atoms with Crippen molar-refractivity contribution in [3.63, 3.8) is 0 Å². The van der Waals surface area contributed by atoms with Gasteiger partial charge in [0, 0.05) is 11.4 Å². The van der Waals surface area contributed by atoms with Crippen LogP contribution in [0.1, 0.15) is 31.2 Å². The number of hydrogen-bond acceptors (Lipinski definition) is 1. The smallest absolute Gasteiger partial charge is 0.120 e. The minimum atomic E-state index is 0.341. The second-order valence-electron chi connectivity index (χ2n) is 3.40. The predicted molar refractivity (Wildman–Crippen MR) is 64.5 cm³/mol. The summed E-state index contributed by atoms with van der Waals surface area (Å²) >= 11 is 6.17. The molecule has 0 aliphatic heterocycles. The van der Waals surface area contributed by atoms with Gasteiger partial charge in [-0.05, 0) is 30.0 Å². The maximum Gasteiger partial charge on any atom is 0.120 e. The van der Waals surface area contributed by atoms with E-state index in [2.05, 4.69) is 12.8 Å². The minimum Gasteiger partial charge on any atom is -0.497 e. The first-order chi connectivity index (χ1) is 7.22. The molecular weight excluding hydrogens is 208 g/mol. The number of benzene rings is 1. The quantitative estimate of drug-likeness (QED) is 0.703. The summed E-state index contributed by atoms with van der Waals surface area (Å²) < 4.78 is 5.10. The van der Waals surface area contributed by atoms with Crippen molar-refractivity contribution in [3.05, 3.63) is 28.8 Å². The van der Waals surface area contributed by atoms with Gasteiger partial charge in [-0.3, -0.25) is 0 Å². The average Bonchev–Trinajstić information content (AvgIpc) is 2.26. The van der Waals surface area contributed by atoms with Gasteiger partial charge in [0.1, 0.15) is 5.75 Å². The standard InChI is InChI=1S/C13H15ClO/c1-4-6-10(5-2)12-8-7-11(15-3)9-13(12)14/h1,7-10H,5-6H2,2-3H3. The molecule has 2 heteroatoms. The number of ether oxygens (including phenoxy) is 1. The summed E-state index contributed by atoms with van der Waals surface area (Å²) in [6.45, 7) is 2.11. The Morgan fingerprint density at radius 3 is 2.73 bits per heavy atom. The van der Waals surface area contributed by atoms with Gasteiger partial charge in [0.05, 0.1) is 7.11 Å². The molecule has 0 radical (unpaired) electrons. The number of methoxy groups -OCH3 is 1. The lowest BCUT2D eigenvalue weighted by Gasteiger charge is -2.14. The van der Waals surface area contributed by atoms with E-state index in [0.717, 1.165) is 29.2 Å². The highest BCUT2D eigenvalue weighted by Gasteiger charge is 2.12. The van der Waals surface area contributed by atoms with Crippen molar-refractivity contribution in [1.82, 2.24) is 0 Å². The van der Waals surface area contributed by atoms with E-state index in [1.165, 1.54) is 0 Å². The van der Waals surface area contributed by atoms with Gasteiger partial charge in [0.2, 0.25) is 0 Å². The second-order valence-corrected chi connectivity index (χ2v) is 3.81. The van der Waals surface area contributed by atoms with E-state index < -0.39 is 0 Å². The Kier molecular flexibility index (Phi) is 4.52. The molecule has 0 saturated carbocycles. The van der Waals surface area contributed by atoms with Crippen LogP contribution >= 0.6 is 11.6 Å². The fraction of sp³-hybridized carbons (Fsp3) is 0.385. The van der Waals surface area contributed by atoms with Crippen LogP contribution in [0.3, 0.4) is 0 Å². The van der Waals surface area contributed by atoms with Gasteiger partial charge in [-0.25, -0.2) is 0 Å². The molecule has 0 N–H and O–H groups in total. The monoisotopic (exact) mass is 222 g/mol. The number of halogens is 1. The Bertz CT molecular complexity index is 365. The maximum absolute atomic E-state index is 6.17. The molecule has 0 aromatic heterocycles. The molecule has 0 bridgehead atoms. The van der Waals surface area contributed by atoms with E-state index >= 15 is 0 Å². The number of rotatable bonds is 4. The van der Waals surface area contributed by atoms with Crippen molar-refractivity contribution in [1.29, 1.82) is 0 Å². The summed E-state index contributed by atoms with van der Waals surface area (Å²) in [5.41, 5.74) is 1.11. The van der Waals surface area contributed by atoms with Crippen LogP contribution in [0.5, 0.6) is 5.75 Å². The van der Waals surface area contributed by atoms with Crippen molar-refractivity contribution < 1.29 is 4.74 Å². The molecule has 1 aromatic carbocycles. The number of terminal acetylenes is 1. The van der Waals surface area contributed by atoms with Gasteiger partial charge in [-0.15, -0.1) is 12.3 Å². The first-order valence-electron chi connectivity index (χ1n) is 4.99. The Hall–Kier alpha value is -1.13. The third-order valence-electron chi connectivity index (χ3n) is 2.50. The second kappa shape index (κ2) is 5.68. The van der Waals surface area contributed by atoms with Gasteiger partial charge >= 0.3 is 0 Å². The van der Waals surface area contributed by atoms with Crippen LogP contribution in [0.15, 0.2) is 18.2 Å². The number of hydrogen-bond donors (Lipinski definition) is 0. The first-order valence-corrected chi connectivity index (χ1v) is 5.37. The fourth-order valence-electron chi connectivity index (χ4n) is 1.58. The fourth-order valence-corrected chi connectivity index (χ4v) is 1.91. The molecule has 1 nitrogen and oxygen atoms in total. The van der Waals surface area contributed by atoms with E-state index in [0.29, 0.717) is 5.92 Å². The molecule has 1 atom stereocenters. The van der Waals surface area contributed by atoms with E-state index in [1.54, 1.807) is 7.11 Å². The molecule has 1 unspecified atom stereocenters. The van der Waals surface area contributed by atoms with Gasteiger partial charge in [0.25, 0.3) is 0 Å². The predicted octanol–water partition coefficient (Wildman–Crippen LogP) is 3.87. The zero-order chi connectivity index (χ0) is 11.3. The third kappa shape index (κ3) is 2.91. The lowest BCUT2D eigenvalue weighted by molar-refractivity contribution is 0.414. The van der Waals surface area contributed by atoms with Crippen LogP contribution in [0, 0.1) is 12.3 Å². The van der Waals surface area contributed by atoms with Crippen molar-refractivity contribution in [2.24, 2.45) is 0 Å². The summed E-state index contributed by atoms with van der Waals surface area (Å²) in [6, 6.07) is 5.74. The topological polar surface area (TPSA) is 9.23 Å². The van der Waals surface area contributed by atoms with E-state index in [1.807, 2.05) is 18.2 Å². The largest absolute Gasteiger partial charge is 0.497 e. The summed E-state index contributed by atoms with van der Waals surface area (Å²) in [6.07, 6.45) is 7.05. The summed E-state index contributed by atoms with van der Waals surface area (Å²) in [7, 11) is 1.63. The summed E-state index contributed by atoms with van der Waals surface area (Å²) in [5.74, 6) is 3.80. The molecule has 0 fully saturated rings. The zero-order valence-electron chi connectivity index (χ0n) is 9.09. The molecule has 0 aliphatic carbocycles. The van der Waals surface area contributed by atoms with Crippen molar-refractivity contribution in [3.8, 4) is 18.1 Å². The summed E-state index contributed by atoms with van der Waals surface area (Å²) in [5, 5.41) is 0.733. The molecule has 0 heterocycles. The van der Waals surface area contributed by atoms with Crippen LogP contribution in [-0.2, 0) is 0 Å². The van der Waals surface area contributed by atoms with E-state index in [9.17, 15) is 0 Å². The first kappa shape index (κ1) is 11.9. The normalized spacial score (nSPS) is 11.9. The highest BCUT2D eigenvalue weighted by molar-refractivity contribution is 6.31. The van der Waals surface area contributed by atoms with Crippen LogP contribution in [-0.4, -0.2) is 7.11 Å². The SMILES string of the molecule is C#CCC(CC)c1ccc(OC)cc1Cl. The molecule has 1 rings (SSSR count). The van der Waals surface area contributed by atoms with Gasteiger partial charge < -0.3 is 4.74 Å². The van der Waals surface area contributed by atoms with Crippen LogP contribution in [0.4, 0.5) is 0 Å². The van der Waals surface area contributed by atoms with E-state index in [-0.39, 0.29) is 0 Å². The van der Waals surface area contributed by atoms with Crippen LogP contribution < -0.4 is 4.74 Å². The Morgan fingerprint density at radius 2 is 2.27 bits per heavy atom. The van der Waals surface area contributed by atoms with Gasteiger partial charge in [0.15, 0.2) is 0 Å². The van der Waals surface area contributed by atoms with Crippen LogP contribution in [0.2, 0.25) is 5.02 Å². The minimum absolute atomic E-state index is 0.341. The molecule has 0 saturated heterocycles. The van der Waals surface area contributed by atoms with Crippen molar-refractivity contribution in [2.75, 3.05) is 7.11 Å². The zero-order valence-corrected chi connectivity index (χ0v) is 9.84. The molecule has 0 amide bonds. The van der Waals surface area contributed by atoms with Crippen LogP contribution in [0.25, 0.3) is 0 Å². The molecule has 80 valence electrons. The third-order valence-corrected chi connectivity index (χ3v) is 2.83. The molecule has 15 heavy (non-hydrogen) atoms. The van der Waals surface area contributed by atoms with Crippen molar-refractivity contribution in [2.45, 2.75) is 25.7 Å². The molecule has 0 aliphatic rings. The molecule has 1 aromatic rings. The molecular formula is C13H15ClO. The van der Waals surface area contributed by atoms with E-state index in [4.69, 9.17) is 22.8 Å². The highest BCUT2D eigenvalue weighted by atomic mass is 35.5. The lowest BCUT2D eigenvalue weighted by Crippen LogP contribution is -1.97. The Balaban J connectivity index is 2.98. The lowest BCUT2D eigenvalue weighted by atomic mass is 9.93. The molecule has 0 spiro atoms. The maximum atomic E-state index is 6.17. The highest BCUT2D eigenvalue weighted by Crippen LogP contribution is 2.31. The van der Waals surface area contributed by atoms with Crippen molar-refractivity contribution >= 4 is 11.6 Å². The summed E-state index contributed by atoms with van der Waals surface area (Å²) in [4.78, 5) is 0. The average molecular weight is 223 g/mol.